The second kappa shape index (κ2) is 5.56. The first-order valence-electron chi connectivity index (χ1n) is 6.42. The van der Waals surface area contributed by atoms with Gasteiger partial charge in [0.05, 0.1) is 16.1 Å². The number of hydrogen-bond donors (Lipinski definition) is 1. The van der Waals surface area contributed by atoms with Gasteiger partial charge in [-0.1, -0.05) is 29.3 Å². The minimum Gasteiger partial charge on any atom is -0.406 e. The Morgan fingerprint density at radius 3 is 2.50 bits per heavy atom. The van der Waals surface area contributed by atoms with Crippen LogP contribution < -0.4 is 10.1 Å². The molecule has 0 saturated carbocycles. The van der Waals surface area contributed by atoms with E-state index < -0.39 is 6.36 Å². The Morgan fingerprint density at radius 1 is 1.05 bits per heavy atom. The molecule has 0 bridgehead atoms. The fourth-order valence-electron chi connectivity index (χ4n) is 2.47. The van der Waals surface area contributed by atoms with Crippen LogP contribution in [0.15, 0.2) is 36.4 Å². The van der Waals surface area contributed by atoms with E-state index in [4.69, 9.17) is 23.2 Å². The zero-order valence-electron chi connectivity index (χ0n) is 11.0. The number of alkyl halides is 3. The minimum atomic E-state index is -4.69. The van der Waals surface area contributed by atoms with Gasteiger partial charge in [-0.05, 0) is 47.9 Å². The van der Waals surface area contributed by atoms with Crippen LogP contribution in [-0.2, 0) is 6.42 Å². The standard InChI is InChI=1S/C15H10Cl2F3NO/c16-11-3-1-8(6-12(11)17)14-7-9-5-10(22-15(18,19)20)2-4-13(9)21-14/h1-6,14,21H,7H2. The van der Waals surface area contributed by atoms with Crippen molar-refractivity contribution in [2.75, 3.05) is 5.32 Å². The molecule has 0 fully saturated rings. The Morgan fingerprint density at radius 2 is 1.82 bits per heavy atom. The van der Waals surface area contributed by atoms with Gasteiger partial charge >= 0.3 is 6.36 Å². The summed E-state index contributed by atoms with van der Waals surface area (Å²) in [5.74, 6) is -0.220. The molecule has 0 spiro atoms. The van der Waals surface area contributed by atoms with E-state index in [1.807, 2.05) is 6.07 Å². The van der Waals surface area contributed by atoms with Crippen molar-refractivity contribution in [1.82, 2.24) is 0 Å². The summed E-state index contributed by atoms with van der Waals surface area (Å²) in [6, 6.07) is 9.48. The van der Waals surface area contributed by atoms with E-state index >= 15 is 0 Å². The Balaban J connectivity index is 1.81. The van der Waals surface area contributed by atoms with Crippen molar-refractivity contribution in [2.45, 2.75) is 18.8 Å². The van der Waals surface area contributed by atoms with E-state index in [0.717, 1.165) is 16.8 Å². The Hall–Kier alpha value is -1.59. The quantitative estimate of drug-likeness (QED) is 0.763. The maximum atomic E-state index is 12.3. The van der Waals surface area contributed by atoms with Gasteiger partial charge < -0.3 is 10.1 Å². The van der Waals surface area contributed by atoms with E-state index in [2.05, 4.69) is 10.1 Å². The van der Waals surface area contributed by atoms with Gasteiger partial charge in [-0.3, -0.25) is 0 Å². The van der Waals surface area contributed by atoms with Crippen molar-refractivity contribution in [3.05, 3.63) is 57.6 Å². The Bertz CT molecular complexity index is 718. The first-order chi connectivity index (χ1) is 10.3. The lowest BCUT2D eigenvalue weighted by atomic mass is 10.0. The molecule has 116 valence electrons. The van der Waals surface area contributed by atoms with Crippen molar-refractivity contribution < 1.29 is 17.9 Å². The van der Waals surface area contributed by atoms with E-state index in [0.29, 0.717) is 16.5 Å². The van der Waals surface area contributed by atoms with Crippen molar-refractivity contribution >= 4 is 28.9 Å². The molecule has 1 aliphatic heterocycles. The highest BCUT2D eigenvalue weighted by atomic mass is 35.5. The Kier molecular flexibility index (Phi) is 3.87. The number of anilines is 1. The fraction of sp³-hybridized carbons (Fsp3) is 0.200. The summed E-state index contributed by atoms with van der Waals surface area (Å²) in [7, 11) is 0. The molecule has 1 heterocycles. The zero-order valence-corrected chi connectivity index (χ0v) is 12.6. The maximum absolute atomic E-state index is 12.3. The molecule has 0 saturated heterocycles. The van der Waals surface area contributed by atoms with E-state index in [1.165, 1.54) is 12.1 Å². The first-order valence-corrected chi connectivity index (χ1v) is 7.17. The van der Waals surface area contributed by atoms with Crippen molar-refractivity contribution in [3.8, 4) is 5.75 Å². The molecule has 0 radical (unpaired) electrons. The third-order valence-corrected chi connectivity index (χ3v) is 4.15. The van der Waals surface area contributed by atoms with Crippen LogP contribution in [0.25, 0.3) is 0 Å². The molecule has 22 heavy (non-hydrogen) atoms. The normalized spacial score (nSPS) is 17.0. The molecular formula is C15H10Cl2F3NO. The van der Waals surface area contributed by atoms with Crippen LogP contribution in [0.5, 0.6) is 5.75 Å². The summed E-state index contributed by atoms with van der Waals surface area (Å²) in [4.78, 5) is 0. The SMILES string of the molecule is FC(F)(F)Oc1ccc2c(c1)CC(c1ccc(Cl)c(Cl)c1)N2. The van der Waals surface area contributed by atoms with Crippen LogP contribution in [0.3, 0.4) is 0 Å². The smallest absolute Gasteiger partial charge is 0.406 e. The third-order valence-electron chi connectivity index (χ3n) is 3.41. The lowest BCUT2D eigenvalue weighted by Crippen LogP contribution is -2.17. The fourth-order valence-corrected chi connectivity index (χ4v) is 2.77. The molecular weight excluding hydrogens is 338 g/mol. The highest BCUT2D eigenvalue weighted by Gasteiger charge is 2.32. The number of halogens is 5. The van der Waals surface area contributed by atoms with E-state index in [1.54, 1.807) is 18.2 Å². The van der Waals surface area contributed by atoms with Crippen LogP contribution in [0.4, 0.5) is 18.9 Å². The second-order valence-corrected chi connectivity index (χ2v) is 5.76. The van der Waals surface area contributed by atoms with Crippen LogP contribution in [0.2, 0.25) is 10.0 Å². The average Bonchev–Trinajstić information content (AvgIpc) is 2.83. The molecule has 2 aromatic rings. The van der Waals surface area contributed by atoms with E-state index in [-0.39, 0.29) is 11.8 Å². The number of fused-ring (bicyclic) bond motifs is 1. The zero-order chi connectivity index (χ0) is 15.9. The highest BCUT2D eigenvalue weighted by Crippen LogP contribution is 2.38. The van der Waals surface area contributed by atoms with Crippen LogP contribution in [0, 0.1) is 0 Å². The van der Waals surface area contributed by atoms with Gasteiger partial charge in [-0.15, -0.1) is 13.2 Å². The summed E-state index contributed by atoms with van der Waals surface area (Å²) in [6.45, 7) is 0. The van der Waals surface area contributed by atoms with Crippen molar-refractivity contribution in [1.29, 1.82) is 0 Å². The summed E-state index contributed by atoms with van der Waals surface area (Å²) >= 11 is 11.9. The third kappa shape index (κ3) is 3.25. The maximum Gasteiger partial charge on any atom is 0.573 e. The van der Waals surface area contributed by atoms with Gasteiger partial charge in [0.25, 0.3) is 0 Å². The molecule has 0 aliphatic carbocycles. The molecule has 1 atom stereocenters. The van der Waals surface area contributed by atoms with Gasteiger partial charge in [-0.25, -0.2) is 0 Å². The molecule has 0 amide bonds. The van der Waals surface area contributed by atoms with Gasteiger partial charge in [-0.2, -0.15) is 0 Å². The molecule has 0 aromatic heterocycles. The number of benzene rings is 2. The number of nitrogens with one attached hydrogen (secondary N) is 1. The number of rotatable bonds is 2. The summed E-state index contributed by atoms with van der Waals surface area (Å²) in [6.07, 6.45) is -4.15. The minimum absolute atomic E-state index is 0.0640. The largest absolute Gasteiger partial charge is 0.573 e. The van der Waals surface area contributed by atoms with Crippen molar-refractivity contribution in [2.24, 2.45) is 0 Å². The lowest BCUT2D eigenvalue weighted by Gasteiger charge is -2.12. The second-order valence-electron chi connectivity index (χ2n) is 4.94. The average molecular weight is 348 g/mol. The first kappa shape index (κ1) is 15.3. The summed E-state index contributed by atoms with van der Waals surface area (Å²) < 4.78 is 40.7. The number of ether oxygens (including phenoxy) is 1. The van der Waals surface area contributed by atoms with Crippen LogP contribution in [0.1, 0.15) is 17.2 Å². The molecule has 2 nitrogen and oxygen atoms in total. The van der Waals surface area contributed by atoms with Gasteiger partial charge in [0.1, 0.15) is 5.75 Å². The molecule has 3 rings (SSSR count). The Labute approximate surface area is 134 Å². The summed E-state index contributed by atoms with van der Waals surface area (Å²) in [5, 5.41) is 4.15. The molecule has 1 unspecified atom stereocenters. The molecule has 2 aromatic carbocycles. The highest BCUT2D eigenvalue weighted by molar-refractivity contribution is 6.42. The predicted molar refractivity (Wildman–Crippen MR) is 79.7 cm³/mol. The monoisotopic (exact) mass is 347 g/mol. The van der Waals surface area contributed by atoms with Gasteiger partial charge in [0.2, 0.25) is 0 Å². The van der Waals surface area contributed by atoms with Crippen LogP contribution in [-0.4, -0.2) is 6.36 Å². The topological polar surface area (TPSA) is 21.3 Å². The number of hydrogen-bond acceptors (Lipinski definition) is 2. The van der Waals surface area contributed by atoms with E-state index in [9.17, 15) is 13.2 Å². The van der Waals surface area contributed by atoms with Gasteiger partial charge in [0, 0.05) is 5.69 Å². The molecule has 1 N–H and O–H groups in total. The molecule has 1 aliphatic rings. The van der Waals surface area contributed by atoms with Crippen LogP contribution >= 0.6 is 23.2 Å². The van der Waals surface area contributed by atoms with Crippen molar-refractivity contribution in [3.63, 3.8) is 0 Å². The van der Waals surface area contributed by atoms with Gasteiger partial charge in [0.15, 0.2) is 0 Å². The summed E-state index contributed by atoms with van der Waals surface area (Å²) in [5.41, 5.74) is 2.47. The predicted octanol–water partition coefficient (Wildman–Crippen LogP) is 5.60. The lowest BCUT2D eigenvalue weighted by molar-refractivity contribution is -0.274. The molecule has 7 heteroatoms.